The fraction of sp³-hybridized carbons (Fsp3) is 0.500. The zero-order valence-electron chi connectivity index (χ0n) is 9.72. The summed E-state index contributed by atoms with van der Waals surface area (Å²) in [6, 6.07) is 3.30. The van der Waals surface area contributed by atoms with Crippen LogP contribution in [0.3, 0.4) is 0 Å². The quantitative estimate of drug-likeness (QED) is 0.829. The van der Waals surface area contributed by atoms with Crippen molar-refractivity contribution >= 4 is 0 Å². The van der Waals surface area contributed by atoms with Gasteiger partial charge in [0.2, 0.25) is 0 Å². The number of hydrogen-bond acceptors (Lipinski definition) is 2. The number of halogens is 2. The summed E-state index contributed by atoms with van der Waals surface area (Å²) in [4.78, 5) is 0. The fourth-order valence-corrected chi connectivity index (χ4v) is 1.77. The number of rotatable bonds is 4. The van der Waals surface area contributed by atoms with Crippen LogP contribution in [0.25, 0.3) is 0 Å². The first-order valence-electron chi connectivity index (χ1n) is 5.23. The maximum atomic E-state index is 13.6. The average Bonchev–Trinajstić information content (AvgIpc) is 2.20. The van der Waals surface area contributed by atoms with E-state index in [-0.39, 0.29) is 18.2 Å². The van der Waals surface area contributed by atoms with Crippen molar-refractivity contribution in [1.82, 2.24) is 5.32 Å². The van der Waals surface area contributed by atoms with E-state index in [9.17, 15) is 13.9 Å². The molecular weight excluding hydrogens is 212 g/mol. The summed E-state index contributed by atoms with van der Waals surface area (Å²) in [5.41, 5.74) is -0.830. The molecule has 1 aromatic rings. The van der Waals surface area contributed by atoms with Crippen LogP contribution in [-0.2, 0) is 5.54 Å². The van der Waals surface area contributed by atoms with E-state index in [1.54, 1.807) is 6.92 Å². The highest BCUT2D eigenvalue weighted by Gasteiger charge is 2.29. The molecule has 0 bridgehead atoms. The van der Waals surface area contributed by atoms with Gasteiger partial charge in [-0.25, -0.2) is 8.78 Å². The first-order valence-corrected chi connectivity index (χ1v) is 5.23. The highest BCUT2D eigenvalue weighted by atomic mass is 19.1. The molecule has 0 aromatic heterocycles. The second-order valence-corrected chi connectivity index (χ2v) is 4.41. The molecule has 0 aliphatic rings. The number of nitrogens with one attached hydrogen (secondary N) is 1. The lowest BCUT2D eigenvalue weighted by atomic mass is 9.91. The minimum atomic E-state index is -0.972. The summed E-state index contributed by atoms with van der Waals surface area (Å²) >= 11 is 0. The molecule has 0 aliphatic heterocycles. The molecule has 0 radical (unpaired) electrons. The molecule has 1 unspecified atom stereocenters. The second-order valence-electron chi connectivity index (χ2n) is 4.41. The number of aliphatic hydroxyl groups is 1. The maximum absolute atomic E-state index is 13.6. The molecule has 1 rings (SSSR count). The van der Waals surface area contributed by atoms with Crippen LogP contribution in [0.5, 0.6) is 0 Å². The lowest BCUT2D eigenvalue weighted by Gasteiger charge is -2.32. The molecule has 1 atom stereocenters. The third-order valence-electron chi connectivity index (χ3n) is 2.45. The van der Waals surface area contributed by atoms with E-state index in [0.717, 1.165) is 18.2 Å². The van der Waals surface area contributed by atoms with Crippen LogP contribution >= 0.6 is 0 Å². The minimum Gasteiger partial charge on any atom is -0.394 e. The highest BCUT2D eigenvalue weighted by Crippen LogP contribution is 2.24. The van der Waals surface area contributed by atoms with Crippen LogP contribution < -0.4 is 5.32 Å². The van der Waals surface area contributed by atoms with Gasteiger partial charge in [-0.3, -0.25) is 0 Å². The van der Waals surface area contributed by atoms with Crippen molar-refractivity contribution in [3.8, 4) is 0 Å². The lowest BCUT2D eigenvalue weighted by Crippen LogP contribution is -2.47. The van der Waals surface area contributed by atoms with E-state index in [1.165, 1.54) is 0 Å². The Labute approximate surface area is 94.3 Å². The monoisotopic (exact) mass is 229 g/mol. The van der Waals surface area contributed by atoms with Crippen LogP contribution in [-0.4, -0.2) is 17.8 Å². The Morgan fingerprint density at radius 1 is 1.38 bits per heavy atom. The van der Waals surface area contributed by atoms with Gasteiger partial charge in [0.15, 0.2) is 0 Å². The second kappa shape index (κ2) is 4.89. The molecule has 0 spiro atoms. The van der Waals surface area contributed by atoms with Crippen molar-refractivity contribution in [3.05, 3.63) is 35.4 Å². The van der Waals surface area contributed by atoms with Crippen LogP contribution in [0.4, 0.5) is 8.78 Å². The van der Waals surface area contributed by atoms with Gasteiger partial charge >= 0.3 is 0 Å². The topological polar surface area (TPSA) is 32.3 Å². The molecule has 0 saturated carbocycles. The normalized spacial score (nSPS) is 15.2. The van der Waals surface area contributed by atoms with Crippen LogP contribution in [0.15, 0.2) is 18.2 Å². The Morgan fingerprint density at radius 2 is 2.00 bits per heavy atom. The third kappa shape index (κ3) is 2.77. The van der Waals surface area contributed by atoms with Gasteiger partial charge in [0.05, 0.1) is 12.1 Å². The van der Waals surface area contributed by atoms with Gasteiger partial charge < -0.3 is 10.4 Å². The summed E-state index contributed by atoms with van der Waals surface area (Å²) in [7, 11) is 0. The molecular formula is C12H17F2NO. The minimum absolute atomic E-state index is 0.0554. The first kappa shape index (κ1) is 13.1. The Morgan fingerprint density at radius 3 is 2.50 bits per heavy atom. The fourth-order valence-electron chi connectivity index (χ4n) is 1.77. The Bertz CT molecular complexity index is 368. The summed E-state index contributed by atoms with van der Waals surface area (Å²) in [5.74, 6) is -1.03. The summed E-state index contributed by atoms with van der Waals surface area (Å²) < 4.78 is 26.7. The molecule has 2 N–H and O–H groups in total. The van der Waals surface area contributed by atoms with E-state index in [4.69, 9.17) is 0 Å². The van der Waals surface area contributed by atoms with Gasteiger partial charge in [0, 0.05) is 11.6 Å². The Hall–Kier alpha value is -1.00. The average molecular weight is 229 g/mol. The molecule has 0 fully saturated rings. The SMILES string of the molecule is CC(C)NC(C)(CO)c1cc(F)ccc1F. The predicted molar refractivity (Wildman–Crippen MR) is 59.1 cm³/mol. The molecule has 2 nitrogen and oxygen atoms in total. The molecule has 0 heterocycles. The zero-order chi connectivity index (χ0) is 12.3. The summed E-state index contributed by atoms with van der Waals surface area (Å²) in [5, 5.41) is 12.4. The highest BCUT2D eigenvalue weighted by molar-refractivity contribution is 5.26. The first-order chi connectivity index (χ1) is 7.39. The van der Waals surface area contributed by atoms with Gasteiger partial charge in [0.1, 0.15) is 11.6 Å². The van der Waals surface area contributed by atoms with Crippen LogP contribution in [0.2, 0.25) is 0 Å². The molecule has 4 heteroatoms. The van der Waals surface area contributed by atoms with Gasteiger partial charge in [-0.1, -0.05) is 0 Å². The van der Waals surface area contributed by atoms with Crippen molar-refractivity contribution in [1.29, 1.82) is 0 Å². The lowest BCUT2D eigenvalue weighted by molar-refractivity contribution is 0.162. The number of hydrogen-bond donors (Lipinski definition) is 2. The Kier molecular flexibility index (Phi) is 3.99. The van der Waals surface area contributed by atoms with Gasteiger partial charge in [-0.2, -0.15) is 0 Å². The Balaban J connectivity index is 3.16. The third-order valence-corrected chi connectivity index (χ3v) is 2.45. The zero-order valence-corrected chi connectivity index (χ0v) is 9.72. The molecule has 0 amide bonds. The largest absolute Gasteiger partial charge is 0.394 e. The van der Waals surface area contributed by atoms with E-state index < -0.39 is 17.2 Å². The number of benzene rings is 1. The van der Waals surface area contributed by atoms with Gasteiger partial charge in [-0.05, 0) is 39.0 Å². The van der Waals surface area contributed by atoms with Gasteiger partial charge in [0.25, 0.3) is 0 Å². The van der Waals surface area contributed by atoms with Crippen LogP contribution in [0.1, 0.15) is 26.3 Å². The molecule has 0 saturated heterocycles. The van der Waals surface area contributed by atoms with Crippen molar-refractivity contribution in [2.75, 3.05) is 6.61 Å². The maximum Gasteiger partial charge on any atom is 0.128 e. The standard InChI is InChI=1S/C12H17F2NO/c1-8(2)15-12(3,7-16)10-6-9(13)4-5-11(10)14/h4-6,8,15-16H,7H2,1-3H3. The van der Waals surface area contributed by atoms with E-state index in [0.29, 0.717) is 0 Å². The van der Waals surface area contributed by atoms with Crippen LogP contribution in [0, 0.1) is 11.6 Å². The molecule has 0 aliphatic carbocycles. The summed E-state index contributed by atoms with van der Waals surface area (Å²) in [6.45, 7) is 5.10. The van der Waals surface area contributed by atoms with Crippen molar-refractivity contribution in [3.63, 3.8) is 0 Å². The van der Waals surface area contributed by atoms with E-state index in [2.05, 4.69) is 5.32 Å². The van der Waals surface area contributed by atoms with E-state index >= 15 is 0 Å². The molecule has 16 heavy (non-hydrogen) atoms. The molecule has 1 aromatic carbocycles. The van der Waals surface area contributed by atoms with Crippen molar-refractivity contribution in [2.45, 2.75) is 32.4 Å². The smallest absolute Gasteiger partial charge is 0.128 e. The van der Waals surface area contributed by atoms with Crippen molar-refractivity contribution in [2.24, 2.45) is 0 Å². The van der Waals surface area contributed by atoms with Crippen molar-refractivity contribution < 1.29 is 13.9 Å². The van der Waals surface area contributed by atoms with Gasteiger partial charge in [-0.15, -0.1) is 0 Å². The number of aliphatic hydroxyl groups excluding tert-OH is 1. The summed E-state index contributed by atoms with van der Waals surface area (Å²) in [6.07, 6.45) is 0. The van der Waals surface area contributed by atoms with E-state index in [1.807, 2.05) is 13.8 Å². The molecule has 90 valence electrons. The predicted octanol–water partition coefficient (Wildman–Crippen LogP) is 2.17.